The van der Waals surface area contributed by atoms with Gasteiger partial charge >= 0.3 is 0 Å². The topological polar surface area (TPSA) is 58.6 Å². The van der Waals surface area contributed by atoms with E-state index in [1.165, 1.54) is 5.56 Å². The van der Waals surface area contributed by atoms with Crippen LogP contribution >= 0.6 is 0 Å². The SMILES string of the molecule is CCc1ccc(N2CC(C(=O)Nc3ccccc3OC)CC2=O)cc1. The molecule has 2 aromatic rings. The van der Waals surface area contributed by atoms with Crippen LogP contribution in [0.3, 0.4) is 0 Å². The Kier molecular flexibility index (Phi) is 5.03. The Morgan fingerprint density at radius 3 is 2.60 bits per heavy atom. The molecule has 0 bridgehead atoms. The predicted octanol–water partition coefficient (Wildman–Crippen LogP) is 3.25. The van der Waals surface area contributed by atoms with Crippen molar-refractivity contribution in [1.29, 1.82) is 0 Å². The summed E-state index contributed by atoms with van der Waals surface area (Å²) in [7, 11) is 1.56. The van der Waals surface area contributed by atoms with Crippen molar-refractivity contribution in [1.82, 2.24) is 0 Å². The van der Waals surface area contributed by atoms with Gasteiger partial charge in [-0.1, -0.05) is 31.2 Å². The molecule has 25 heavy (non-hydrogen) atoms. The molecule has 2 amide bonds. The number of benzene rings is 2. The molecule has 3 rings (SSSR count). The van der Waals surface area contributed by atoms with Crippen LogP contribution in [0.1, 0.15) is 18.9 Å². The molecule has 0 saturated carbocycles. The molecule has 0 aromatic heterocycles. The third-order valence-electron chi connectivity index (χ3n) is 4.52. The van der Waals surface area contributed by atoms with E-state index in [2.05, 4.69) is 12.2 Å². The molecule has 5 heteroatoms. The number of methoxy groups -OCH3 is 1. The van der Waals surface area contributed by atoms with E-state index < -0.39 is 0 Å². The van der Waals surface area contributed by atoms with Gasteiger partial charge in [0, 0.05) is 18.7 Å². The maximum Gasteiger partial charge on any atom is 0.229 e. The summed E-state index contributed by atoms with van der Waals surface area (Å²) in [5.74, 6) is 0.0467. The monoisotopic (exact) mass is 338 g/mol. The number of ether oxygens (including phenoxy) is 1. The minimum Gasteiger partial charge on any atom is -0.495 e. The second-order valence-electron chi connectivity index (χ2n) is 6.11. The number of aryl methyl sites for hydroxylation is 1. The molecule has 1 heterocycles. The average Bonchev–Trinajstić information content (AvgIpc) is 3.04. The fourth-order valence-corrected chi connectivity index (χ4v) is 3.03. The van der Waals surface area contributed by atoms with Crippen LogP contribution in [-0.2, 0) is 16.0 Å². The third-order valence-corrected chi connectivity index (χ3v) is 4.52. The Labute approximate surface area is 147 Å². The van der Waals surface area contributed by atoms with Crippen LogP contribution in [0.25, 0.3) is 0 Å². The van der Waals surface area contributed by atoms with Crippen molar-refractivity contribution < 1.29 is 14.3 Å². The number of anilines is 2. The first-order valence-corrected chi connectivity index (χ1v) is 8.45. The lowest BCUT2D eigenvalue weighted by molar-refractivity contribution is -0.122. The molecular formula is C20H22N2O3. The van der Waals surface area contributed by atoms with Crippen LogP contribution in [0.2, 0.25) is 0 Å². The number of rotatable bonds is 5. The predicted molar refractivity (Wildman–Crippen MR) is 97.9 cm³/mol. The van der Waals surface area contributed by atoms with Crippen LogP contribution < -0.4 is 15.0 Å². The molecule has 1 atom stereocenters. The van der Waals surface area contributed by atoms with Gasteiger partial charge in [-0.05, 0) is 36.2 Å². The van der Waals surface area contributed by atoms with Crippen LogP contribution in [0, 0.1) is 5.92 Å². The summed E-state index contributed by atoms with van der Waals surface area (Å²) in [5, 5.41) is 2.87. The number of nitrogens with one attached hydrogen (secondary N) is 1. The first kappa shape index (κ1) is 17.0. The van der Waals surface area contributed by atoms with Crippen LogP contribution in [0.4, 0.5) is 11.4 Å². The molecule has 2 aromatic carbocycles. The fourth-order valence-electron chi connectivity index (χ4n) is 3.03. The van der Waals surface area contributed by atoms with E-state index in [-0.39, 0.29) is 24.2 Å². The molecular weight excluding hydrogens is 316 g/mol. The zero-order chi connectivity index (χ0) is 17.8. The van der Waals surface area contributed by atoms with E-state index in [4.69, 9.17) is 4.74 Å². The van der Waals surface area contributed by atoms with Gasteiger partial charge in [-0.3, -0.25) is 9.59 Å². The summed E-state index contributed by atoms with van der Waals surface area (Å²) in [6.07, 6.45) is 1.18. The summed E-state index contributed by atoms with van der Waals surface area (Å²) >= 11 is 0. The Bertz CT molecular complexity index is 771. The fraction of sp³-hybridized carbons (Fsp3) is 0.300. The molecule has 5 nitrogen and oxygen atoms in total. The Hall–Kier alpha value is -2.82. The summed E-state index contributed by atoms with van der Waals surface area (Å²) < 4.78 is 5.25. The quantitative estimate of drug-likeness (QED) is 0.910. The van der Waals surface area contributed by atoms with E-state index >= 15 is 0 Å². The Morgan fingerprint density at radius 2 is 1.92 bits per heavy atom. The van der Waals surface area contributed by atoms with Crippen molar-refractivity contribution in [2.75, 3.05) is 23.9 Å². The normalized spacial score (nSPS) is 16.8. The lowest BCUT2D eigenvalue weighted by Crippen LogP contribution is -2.28. The molecule has 1 aliphatic heterocycles. The molecule has 0 radical (unpaired) electrons. The number of para-hydroxylation sites is 2. The standard InChI is InChI=1S/C20H22N2O3/c1-3-14-8-10-16(11-9-14)22-13-15(12-19(22)23)20(24)21-17-6-4-5-7-18(17)25-2/h4-11,15H,3,12-13H2,1-2H3,(H,21,24). The van der Waals surface area contributed by atoms with Crippen LogP contribution in [0.15, 0.2) is 48.5 Å². The molecule has 1 N–H and O–H groups in total. The number of carbonyl (C=O) groups is 2. The molecule has 0 spiro atoms. The number of nitrogens with zero attached hydrogens (tertiary/aromatic N) is 1. The van der Waals surface area contributed by atoms with Gasteiger partial charge in [0.1, 0.15) is 5.75 Å². The maximum atomic E-state index is 12.6. The molecule has 130 valence electrons. The van der Waals surface area contributed by atoms with Gasteiger partial charge in [-0.2, -0.15) is 0 Å². The molecule has 1 aliphatic rings. The lowest BCUT2D eigenvalue weighted by atomic mass is 10.1. The molecule has 1 unspecified atom stereocenters. The second kappa shape index (κ2) is 7.38. The van der Waals surface area contributed by atoms with Gasteiger partial charge in [0.05, 0.1) is 18.7 Å². The Balaban J connectivity index is 1.70. The highest BCUT2D eigenvalue weighted by Crippen LogP contribution is 2.28. The first-order valence-electron chi connectivity index (χ1n) is 8.45. The highest BCUT2D eigenvalue weighted by molar-refractivity contribution is 6.03. The highest BCUT2D eigenvalue weighted by Gasteiger charge is 2.35. The van der Waals surface area contributed by atoms with E-state index in [1.54, 1.807) is 24.1 Å². The first-order chi connectivity index (χ1) is 12.1. The summed E-state index contributed by atoms with van der Waals surface area (Å²) in [6.45, 7) is 2.49. The molecule has 1 saturated heterocycles. The number of amides is 2. The van der Waals surface area contributed by atoms with Gasteiger partial charge in [0.25, 0.3) is 0 Å². The van der Waals surface area contributed by atoms with Crippen LogP contribution in [0.5, 0.6) is 5.75 Å². The molecule has 0 aliphatic carbocycles. The van der Waals surface area contributed by atoms with Gasteiger partial charge in [-0.15, -0.1) is 0 Å². The van der Waals surface area contributed by atoms with Gasteiger partial charge in [-0.25, -0.2) is 0 Å². The molecule has 1 fully saturated rings. The van der Waals surface area contributed by atoms with Crippen molar-refractivity contribution in [3.05, 3.63) is 54.1 Å². The minimum absolute atomic E-state index is 0.0237. The summed E-state index contributed by atoms with van der Waals surface area (Å²) in [6, 6.07) is 15.2. The highest BCUT2D eigenvalue weighted by atomic mass is 16.5. The number of hydrogen-bond donors (Lipinski definition) is 1. The van der Waals surface area contributed by atoms with E-state index in [0.717, 1.165) is 12.1 Å². The van der Waals surface area contributed by atoms with Gasteiger partial charge < -0.3 is 15.0 Å². The zero-order valence-corrected chi connectivity index (χ0v) is 14.5. The Morgan fingerprint density at radius 1 is 1.20 bits per heavy atom. The third kappa shape index (κ3) is 3.65. The van der Waals surface area contributed by atoms with Gasteiger partial charge in [0.2, 0.25) is 11.8 Å². The minimum atomic E-state index is -0.372. The van der Waals surface area contributed by atoms with Crippen LogP contribution in [-0.4, -0.2) is 25.5 Å². The van der Waals surface area contributed by atoms with E-state index in [0.29, 0.717) is 18.0 Å². The largest absolute Gasteiger partial charge is 0.495 e. The number of hydrogen-bond acceptors (Lipinski definition) is 3. The summed E-state index contributed by atoms with van der Waals surface area (Å²) in [4.78, 5) is 26.6. The summed E-state index contributed by atoms with van der Waals surface area (Å²) in [5.41, 5.74) is 2.68. The van der Waals surface area contributed by atoms with E-state index in [1.807, 2.05) is 36.4 Å². The smallest absolute Gasteiger partial charge is 0.229 e. The maximum absolute atomic E-state index is 12.6. The van der Waals surface area contributed by atoms with Crippen molar-refractivity contribution in [2.24, 2.45) is 5.92 Å². The van der Waals surface area contributed by atoms with E-state index in [9.17, 15) is 9.59 Å². The van der Waals surface area contributed by atoms with Crippen molar-refractivity contribution in [3.8, 4) is 5.75 Å². The average molecular weight is 338 g/mol. The lowest BCUT2D eigenvalue weighted by Gasteiger charge is -2.17. The van der Waals surface area contributed by atoms with Gasteiger partial charge in [0.15, 0.2) is 0 Å². The number of carbonyl (C=O) groups excluding carboxylic acids is 2. The second-order valence-corrected chi connectivity index (χ2v) is 6.11. The van der Waals surface area contributed by atoms with Crippen molar-refractivity contribution in [3.63, 3.8) is 0 Å². The van der Waals surface area contributed by atoms with Crippen molar-refractivity contribution in [2.45, 2.75) is 19.8 Å². The zero-order valence-electron chi connectivity index (χ0n) is 14.5. The van der Waals surface area contributed by atoms with Crippen molar-refractivity contribution >= 4 is 23.2 Å².